The van der Waals surface area contributed by atoms with Gasteiger partial charge < -0.3 is 14.4 Å². The smallest absolute Gasteiger partial charge is 0.325 e. The van der Waals surface area contributed by atoms with Crippen molar-refractivity contribution in [3.8, 4) is 5.75 Å². The average molecular weight is 268 g/mol. The van der Waals surface area contributed by atoms with Gasteiger partial charge in [-0.1, -0.05) is 0 Å². The Kier molecular flexibility index (Phi) is 5.11. The maximum Gasteiger partial charge on any atom is 0.325 e. The monoisotopic (exact) mass is 268 g/mol. The number of hydrogen-bond acceptors (Lipinski definition) is 6. The Hall–Kier alpha value is -2.31. The lowest BCUT2D eigenvalue weighted by Crippen LogP contribution is -2.30. The number of benzene rings is 1. The molecule has 19 heavy (non-hydrogen) atoms. The number of carbonyl (C=O) groups excluding carboxylic acids is 1. The quantitative estimate of drug-likeness (QED) is 0.443. The molecule has 0 aliphatic heterocycles. The number of ether oxygens (including phenoxy) is 2. The van der Waals surface area contributed by atoms with Gasteiger partial charge in [0, 0.05) is 24.4 Å². The number of carbonyl (C=O) groups is 1. The molecule has 104 valence electrons. The van der Waals surface area contributed by atoms with Gasteiger partial charge in [0.1, 0.15) is 6.54 Å². The van der Waals surface area contributed by atoms with E-state index >= 15 is 0 Å². The fourth-order valence-corrected chi connectivity index (χ4v) is 1.62. The highest BCUT2D eigenvalue weighted by Gasteiger charge is 2.18. The third-order valence-electron chi connectivity index (χ3n) is 2.65. The van der Waals surface area contributed by atoms with Crippen LogP contribution in [-0.2, 0) is 9.53 Å². The maximum absolute atomic E-state index is 11.3. The van der Waals surface area contributed by atoms with Gasteiger partial charge in [-0.05, 0) is 13.0 Å². The van der Waals surface area contributed by atoms with Crippen LogP contribution in [0.1, 0.15) is 6.92 Å². The number of likely N-dealkylation sites (N-methyl/N-ethyl adjacent to an activating group) is 1. The lowest BCUT2D eigenvalue weighted by atomic mass is 10.2. The van der Waals surface area contributed by atoms with Crippen molar-refractivity contribution in [2.75, 3.05) is 32.2 Å². The molecule has 0 radical (unpaired) electrons. The fourth-order valence-electron chi connectivity index (χ4n) is 1.62. The Morgan fingerprint density at radius 3 is 2.58 bits per heavy atom. The van der Waals surface area contributed by atoms with E-state index in [-0.39, 0.29) is 24.0 Å². The van der Waals surface area contributed by atoms with E-state index in [4.69, 9.17) is 4.74 Å². The fraction of sp³-hybridized carbons (Fsp3) is 0.417. The zero-order valence-corrected chi connectivity index (χ0v) is 11.1. The zero-order chi connectivity index (χ0) is 14.4. The summed E-state index contributed by atoms with van der Waals surface area (Å²) in [5.74, 6) is -0.218. The van der Waals surface area contributed by atoms with E-state index in [1.54, 1.807) is 11.0 Å². The normalized spacial score (nSPS) is 9.84. The lowest BCUT2D eigenvalue weighted by Gasteiger charge is -2.21. The van der Waals surface area contributed by atoms with Crippen molar-refractivity contribution in [1.29, 1.82) is 0 Å². The highest BCUT2D eigenvalue weighted by molar-refractivity contribution is 5.76. The number of nitrogens with zero attached hydrogens (tertiary/aromatic N) is 2. The van der Waals surface area contributed by atoms with Gasteiger partial charge in [-0.2, -0.15) is 0 Å². The molecule has 0 unspecified atom stereocenters. The summed E-state index contributed by atoms with van der Waals surface area (Å²) in [4.78, 5) is 23.3. The molecule has 1 aromatic rings. The minimum atomic E-state index is -0.515. The SMILES string of the molecule is CCN(CC(=O)OC)c1ccc([N+](=O)[O-])c(OC)c1. The number of esters is 1. The molecule has 0 fully saturated rings. The molecule has 7 nitrogen and oxygen atoms in total. The number of nitro groups is 1. The Bertz CT molecular complexity index is 475. The van der Waals surface area contributed by atoms with E-state index in [0.29, 0.717) is 12.2 Å². The van der Waals surface area contributed by atoms with Gasteiger partial charge in [0.25, 0.3) is 0 Å². The summed E-state index contributed by atoms with van der Waals surface area (Å²) >= 11 is 0. The predicted octanol–water partition coefficient (Wildman–Crippen LogP) is 1.60. The summed E-state index contributed by atoms with van der Waals surface area (Å²) in [6.45, 7) is 2.51. The second-order valence-corrected chi connectivity index (χ2v) is 3.70. The Morgan fingerprint density at radius 1 is 1.42 bits per heavy atom. The van der Waals surface area contributed by atoms with Gasteiger partial charge in [-0.3, -0.25) is 14.9 Å². The van der Waals surface area contributed by atoms with Crippen LogP contribution in [-0.4, -0.2) is 38.2 Å². The summed E-state index contributed by atoms with van der Waals surface area (Å²) in [6.07, 6.45) is 0. The Labute approximate surface area is 110 Å². The van der Waals surface area contributed by atoms with Gasteiger partial charge in [0.2, 0.25) is 0 Å². The average Bonchev–Trinajstić information content (AvgIpc) is 2.43. The van der Waals surface area contributed by atoms with Gasteiger partial charge >= 0.3 is 11.7 Å². The van der Waals surface area contributed by atoms with E-state index in [1.807, 2.05) is 6.92 Å². The van der Waals surface area contributed by atoms with Gasteiger partial charge in [-0.25, -0.2) is 0 Å². The minimum absolute atomic E-state index is 0.0773. The molecule has 7 heteroatoms. The molecule has 1 rings (SSSR count). The summed E-state index contributed by atoms with van der Waals surface area (Å²) in [7, 11) is 2.68. The first-order valence-electron chi connectivity index (χ1n) is 5.67. The maximum atomic E-state index is 11.3. The van der Waals surface area contributed by atoms with Crippen LogP contribution in [0.2, 0.25) is 0 Å². The van der Waals surface area contributed by atoms with E-state index in [0.717, 1.165) is 0 Å². The second-order valence-electron chi connectivity index (χ2n) is 3.70. The van der Waals surface area contributed by atoms with Crippen molar-refractivity contribution < 1.29 is 19.2 Å². The van der Waals surface area contributed by atoms with Crippen molar-refractivity contribution in [3.63, 3.8) is 0 Å². The largest absolute Gasteiger partial charge is 0.490 e. The van der Waals surface area contributed by atoms with Crippen LogP contribution in [0.5, 0.6) is 5.75 Å². The zero-order valence-electron chi connectivity index (χ0n) is 11.1. The van der Waals surface area contributed by atoms with Crippen LogP contribution in [0.25, 0.3) is 0 Å². The van der Waals surface area contributed by atoms with Gasteiger partial charge in [0.15, 0.2) is 5.75 Å². The molecule has 0 saturated heterocycles. The standard InChI is InChI=1S/C12H16N2O5/c1-4-13(8-12(15)19-3)9-5-6-10(14(16)17)11(7-9)18-2/h5-7H,4,8H2,1-3H3. The number of rotatable bonds is 6. The first-order valence-corrected chi connectivity index (χ1v) is 5.67. The van der Waals surface area contributed by atoms with Crippen molar-refractivity contribution in [1.82, 2.24) is 0 Å². The lowest BCUT2D eigenvalue weighted by molar-refractivity contribution is -0.385. The van der Waals surface area contributed by atoms with E-state index < -0.39 is 4.92 Å². The van der Waals surface area contributed by atoms with E-state index in [9.17, 15) is 14.9 Å². The molecule has 0 aliphatic carbocycles. The first kappa shape index (κ1) is 14.7. The molecule has 1 aromatic carbocycles. The number of hydrogen-bond donors (Lipinski definition) is 0. The molecular weight excluding hydrogens is 252 g/mol. The number of nitro benzene ring substituents is 1. The minimum Gasteiger partial charge on any atom is -0.490 e. The third-order valence-corrected chi connectivity index (χ3v) is 2.65. The highest BCUT2D eigenvalue weighted by atomic mass is 16.6. The molecule has 0 bridgehead atoms. The van der Waals surface area contributed by atoms with E-state index in [1.165, 1.54) is 26.4 Å². The van der Waals surface area contributed by atoms with Crippen LogP contribution in [0.3, 0.4) is 0 Å². The topological polar surface area (TPSA) is 81.9 Å². The number of methoxy groups -OCH3 is 2. The molecular formula is C12H16N2O5. The molecule has 0 spiro atoms. The molecule has 0 atom stereocenters. The Balaban J connectivity index is 3.05. The molecule has 0 N–H and O–H groups in total. The van der Waals surface area contributed by atoms with Crippen LogP contribution in [0, 0.1) is 10.1 Å². The van der Waals surface area contributed by atoms with Crippen LogP contribution in [0.4, 0.5) is 11.4 Å². The summed E-state index contributed by atoms with van der Waals surface area (Å²) in [5.41, 5.74) is 0.552. The van der Waals surface area contributed by atoms with Gasteiger partial charge in [-0.15, -0.1) is 0 Å². The van der Waals surface area contributed by atoms with Crippen molar-refractivity contribution in [2.45, 2.75) is 6.92 Å². The summed E-state index contributed by atoms with van der Waals surface area (Å²) < 4.78 is 9.59. The van der Waals surface area contributed by atoms with Gasteiger partial charge in [0.05, 0.1) is 19.1 Å². The van der Waals surface area contributed by atoms with Crippen LogP contribution in [0.15, 0.2) is 18.2 Å². The van der Waals surface area contributed by atoms with Crippen molar-refractivity contribution >= 4 is 17.3 Å². The number of anilines is 1. The predicted molar refractivity (Wildman–Crippen MR) is 69.6 cm³/mol. The molecule has 0 aromatic heterocycles. The molecule has 0 saturated carbocycles. The van der Waals surface area contributed by atoms with Crippen LogP contribution < -0.4 is 9.64 Å². The molecule has 0 heterocycles. The second kappa shape index (κ2) is 6.58. The first-order chi connectivity index (χ1) is 9.03. The van der Waals surface area contributed by atoms with Crippen molar-refractivity contribution in [3.05, 3.63) is 28.3 Å². The summed E-state index contributed by atoms with van der Waals surface area (Å²) in [6, 6.07) is 4.46. The highest BCUT2D eigenvalue weighted by Crippen LogP contribution is 2.31. The van der Waals surface area contributed by atoms with Crippen LogP contribution >= 0.6 is 0 Å². The van der Waals surface area contributed by atoms with Crippen molar-refractivity contribution in [2.24, 2.45) is 0 Å². The summed E-state index contributed by atoms with van der Waals surface area (Å²) in [5, 5.41) is 10.8. The third kappa shape index (κ3) is 3.57. The Morgan fingerprint density at radius 2 is 2.11 bits per heavy atom. The molecule has 0 aliphatic rings. The molecule has 0 amide bonds. The van der Waals surface area contributed by atoms with E-state index in [2.05, 4.69) is 4.74 Å².